The number of fused-ring (bicyclic) bond motifs is 1. The molecule has 0 radical (unpaired) electrons. The van der Waals surface area contributed by atoms with E-state index in [9.17, 15) is 18.0 Å². The lowest BCUT2D eigenvalue weighted by atomic mass is 9.79. The van der Waals surface area contributed by atoms with E-state index in [4.69, 9.17) is 9.47 Å². The van der Waals surface area contributed by atoms with Gasteiger partial charge in [0.05, 0.1) is 43.8 Å². The number of carbonyl (C=O) groups excluding carboxylic acids is 1. The lowest BCUT2D eigenvalue weighted by Gasteiger charge is -2.47. The standard InChI is InChI=1S/C33H40F3N5O3/c1-32(40-16-18-44-19-17-40)13-11-24(12-14-32)39-27-7-4-8-29-26(27)21-25(41(29)22-33(34,35)36)6-5-15-38-28-10-9-23(31(42)37-2)20-30(28)43-3/h4,7-10,20-21,24,38-39H,11-19,22H2,1-3H3,(H,37,42). The van der Waals surface area contributed by atoms with Crippen molar-refractivity contribution in [2.75, 3.05) is 57.6 Å². The number of rotatable bonds is 8. The summed E-state index contributed by atoms with van der Waals surface area (Å²) in [6.07, 6.45) is -0.326. The average molecular weight is 612 g/mol. The van der Waals surface area contributed by atoms with Gasteiger partial charge in [-0.15, -0.1) is 0 Å². The van der Waals surface area contributed by atoms with Crippen molar-refractivity contribution in [3.05, 3.63) is 53.7 Å². The minimum Gasteiger partial charge on any atom is -0.495 e. The van der Waals surface area contributed by atoms with Crippen LogP contribution in [0.15, 0.2) is 42.5 Å². The van der Waals surface area contributed by atoms with Gasteiger partial charge in [-0.05, 0) is 74.9 Å². The van der Waals surface area contributed by atoms with Gasteiger partial charge in [0.1, 0.15) is 12.3 Å². The van der Waals surface area contributed by atoms with Crippen molar-refractivity contribution >= 4 is 28.2 Å². The second-order valence-corrected chi connectivity index (χ2v) is 11.6. The minimum atomic E-state index is -4.41. The van der Waals surface area contributed by atoms with Crippen molar-refractivity contribution in [3.63, 3.8) is 0 Å². The van der Waals surface area contributed by atoms with Crippen LogP contribution >= 0.6 is 0 Å². The number of halogens is 3. The normalized spacial score (nSPS) is 20.9. The number of ether oxygens (including phenoxy) is 2. The summed E-state index contributed by atoms with van der Waals surface area (Å²) in [4.78, 5) is 14.5. The molecule has 3 aromatic rings. The molecule has 0 unspecified atom stereocenters. The zero-order chi connectivity index (χ0) is 31.3. The van der Waals surface area contributed by atoms with E-state index in [0.717, 1.165) is 63.1 Å². The smallest absolute Gasteiger partial charge is 0.406 e. The molecule has 1 aromatic heterocycles. The summed E-state index contributed by atoms with van der Waals surface area (Å²) >= 11 is 0. The number of hydrogen-bond acceptors (Lipinski definition) is 6. The largest absolute Gasteiger partial charge is 0.495 e. The van der Waals surface area contributed by atoms with Crippen LogP contribution in [0.1, 0.15) is 48.7 Å². The van der Waals surface area contributed by atoms with Gasteiger partial charge in [-0.25, -0.2) is 0 Å². The number of nitrogens with zero attached hydrogens (tertiary/aromatic N) is 2. The maximum absolute atomic E-state index is 13.7. The fourth-order valence-electron chi connectivity index (χ4n) is 6.28. The van der Waals surface area contributed by atoms with E-state index >= 15 is 0 Å². The van der Waals surface area contributed by atoms with Gasteiger partial charge >= 0.3 is 6.18 Å². The van der Waals surface area contributed by atoms with E-state index in [-0.39, 0.29) is 24.0 Å². The highest BCUT2D eigenvalue weighted by Gasteiger charge is 2.37. The minimum absolute atomic E-state index is 0.150. The first kappa shape index (κ1) is 31.5. The number of morpholine rings is 1. The maximum atomic E-state index is 13.7. The molecule has 1 saturated carbocycles. The zero-order valence-electron chi connectivity index (χ0n) is 25.4. The van der Waals surface area contributed by atoms with Crippen LogP contribution in [0.25, 0.3) is 10.9 Å². The summed E-state index contributed by atoms with van der Waals surface area (Å²) in [6, 6.07) is 12.4. The summed E-state index contributed by atoms with van der Waals surface area (Å²) in [6.45, 7) is 4.83. The molecule has 2 aromatic carbocycles. The molecule has 0 spiro atoms. The highest BCUT2D eigenvalue weighted by Crippen LogP contribution is 2.37. The molecule has 44 heavy (non-hydrogen) atoms. The molecular formula is C33H40F3N5O3. The molecule has 8 nitrogen and oxygen atoms in total. The third-order valence-corrected chi connectivity index (χ3v) is 8.75. The second-order valence-electron chi connectivity index (χ2n) is 11.6. The Kier molecular flexibility index (Phi) is 9.61. The molecule has 1 saturated heterocycles. The van der Waals surface area contributed by atoms with Crippen LogP contribution in [0.4, 0.5) is 24.5 Å². The first-order valence-electron chi connectivity index (χ1n) is 15.0. The Morgan fingerprint density at radius 1 is 1.11 bits per heavy atom. The number of nitrogens with one attached hydrogen (secondary N) is 3. The Morgan fingerprint density at radius 3 is 2.55 bits per heavy atom. The molecule has 0 atom stereocenters. The predicted molar refractivity (Wildman–Crippen MR) is 166 cm³/mol. The Labute approximate surface area is 256 Å². The first-order valence-corrected chi connectivity index (χ1v) is 15.0. The molecule has 2 heterocycles. The summed E-state index contributed by atoms with van der Waals surface area (Å²) in [5.41, 5.74) is 2.82. The lowest BCUT2D eigenvalue weighted by Crippen LogP contribution is -2.54. The number of hydrogen-bond donors (Lipinski definition) is 3. The predicted octanol–water partition coefficient (Wildman–Crippen LogP) is 5.48. The monoisotopic (exact) mass is 611 g/mol. The summed E-state index contributed by atoms with van der Waals surface area (Å²) in [5, 5.41) is 10.1. The van der Waals surface area contributed by atoms with Crippen LogP contribution in [-0.4, -0.2) is 80.1 Å². The SMILES string of the molecule is CNC(=O)c1ccc(NCC#Cc2cc3c(NC4CCC(C)(N5CCOCC5)CC4)cccc3n2CC(F)(F)F)c(OC)c1. The molecule has 1 aliphatic carbocycles. The average Bonchev–Trinajstić information content (AvgIpc) is 3.37. The molecule has 1 aliphatic heterocycles. The van der Waals surface area contributed by atoms with Gasteiger partial charge < -0.3 is 30.0 Å². The Morgan fingerprint density at radius 2 is 1.86 bits per heavy atom. The third-order valence-electron chi connectivity index (χ3n) is 8.75. The van der Waals surface area contributed by atoms with Crippen molar-refractivity contribution in [2.45, 2.75) is 56.9 Å². The number of anilines is 2. The highest BCUT2D eigenvalue weighted by molar-refractivity contribution is 5.95. The molecule has 3 N–H and O–H groups in total. The van der Waals surface area contributed by atoms with Crippen molar-refractivity contribution in [1.82, 2.24) is 14.8 Å². The van der Waals surface area contributed by atoms with Crippen LogP contribution in [0.5, 0.6) is 5.75 Å². The van der Waals surface area contributed by atoms with E-state index in [0.29, 0.717) is 28.2 Å². The molecule has 2 fully saturated rings. The molecule has 236 valence electrons. The van der Waals surface area contributed by atoms with E-state index in [1.807, 2.05) is 6.07 Å². The number of carbonyl (C=O) groups is 1. The van der Waals surface area contributed by atoms with Gasteiger partial charge in [0.25, 0.3) is 5.91 Å². The van der Waals surface area contributed by atoms with Crippen molar-refractivity contribution in [3.8, 4) is 17.6 Å². The van der Waals surface area contributed by atoms with Gasteiger partial charge in [0.2, 0.25) is 0 Å². The molecule has 0 bridgehead atoms. The van der Waals surface area contributed by atoms with E-state index < -0.39 is 12.7 Å². The van der Waals surface area contributed by atoms with Crippen LogP contribution in [0, 0.1) is 11.8 Å². The topological polar surface area (TPSA) is 79.8 Å². The number of benzene rings is 2. The third kappa shape index (κ3) is 7.25. The van der Waals surface area contributed by atoms with E-state index in [1.165, 1.54) is 11.7 Å². The summed E-state index contributed by atoms with van der Waals surface area (Å²) in [7, 11) is 3.04. The quantitative estimate of drug-likeness (QED) is 0.293. The molecule has 2 aliphatic rings. The molecule has 11 heteroatoms. The van der Waals surface area contributed by atoms with Crippen molar-refractivity contribution in [1.29, 1.82) is 0 Å². The zero-order valence-corrected chi connectivity index (χ0v) is 25.4. The van der Waals surface area contributed by atoms with Crippen molar-refractivity contribution < 1.29 is 27.4 Å². The number of aromatic nitrogens is 1. The molecular weight excluding hydrogens is 571 g/mol. The molecule has 1 amide bonds. The summed E-state index contributed by atoms with van der Waals surface area (Å²) < 4.78 is 53.2. The van der Waals surface area contributed by atoms with Gasteiger partial charge in [0.15, 0.2) is 0 Å². The Bertz CT molecular complexity index is 1530. The summed E-state index contributed by atoms with van der Waals surface area (Å²) in [5.74, 6) is 6.13. The number of methoxy groups -OCH3 is 1. The van der Waals surface area contributed by atoms with E-state index in [1.54, 1.807) is 43.4 Å². The second kappa shape index (κ2) is 13.4. The molecule has 5 rings (SSSR count). The van der Waals surface area contributed by atoms with Gasteiger partial charge in [-0.1, -0.05) is 12.0 Å². The number of amides is 1. The first-order chi connectivity index (χ1) is 21.1. The maximum Gasteiger partial charge on any atom is 0.406 e. The lowest BCUT2D eigenvalue weighted by molar-refractivity contribution is -0.140. The van der Waals surface area contributed by atoms with Gasteiger partial charge in [-0.2, -0.15) is 13.2 Å². The van der Waals surface area contributed by atoms with Gasteiger partial charge in [0, 0.05) is 48.4 Å². The van der Waals surface area contributed by atoms with Gasteiger partial charge in [-0.3, -0.25) is 9.69 Å². The highest BCUT2D eigenvalue weighted by atomic mass is 19.4. The van der Waals surface area contributed by atoms with Crippen LogP contribution in [-0.2, 0) is 11.3 Å². The Balaban J connectivity index is 1.33. The van der Waals surface area contributed by atoms with Crippen LogP contribution in [0.2, 0.25) is 0 Å². The number of alkyl halides is 3. The van der Waals surface area contributed by atoms with E-state index in [2.05, 4.69) is 39.6 Å². The van der Waals surface area contributed by atoms with Crippen LogP contribution < -0.4 is 20.7 Å². The van der Waals surface area contributed by atoms with Crippen LogP contribution in [0.3, 0.4) is 0 Å². The Hall–Kier alpha value is -3.88. The fourth-order valence-corrected chi connectivity index (χ4v) is 6.28. The fraction of sp³-hybridized carbons (Fsp3) is 0.485. The van der Waals surface area contributed by atoms with Crippen molar-refractivity contribution in [2.24, 2.45) is 0 Å².